The normalized spacial score (nSPS) is 12.4. The van der Waals surface area contributed by atoms with E-state index < -0.39 is 0 Å². The minimum atomic E-state index is 0.852. The van der Waals surface area contributed by atoms with Gasteiger partial charge in [-0.05, 0) is 132 Å². The van der Waals surface area contributed by atoms with Crippen molar-refractivity contribution in [2.24, 2.45) is 0 Å². The van der Waals surface area contributed by atoms with Crippen LogP contribution in [0.5, 0.6) is 0 Å². The highest BCUT2D eigenvalue weighted by atomic mass is 16.3. The minimum Gasteiger partial charge on any atom is -0.456 e. The lowest BCUT2D eigenvalue weighted by Gasteiger charge is -2.10. The Labute approximate surface area is 408 Å². The van der Waals surface area contributed by atoms with Crippen molar-refractivity contribution in [3.8, 4) is 28.2 Å². The van der Waals surface area contributed by atoms with E-state index in [4.69, 9.17) is 13.3 Å². The molecule has 0 aliphatic rings. The summed E-state index contributed by atoms with van der Waals surface area (Å²) in [4.78, 5) is 0. The van der Waals surface area contributed by atoms with E-state index in [9.17, 15) is 0 Å². The van der Waals surface area contributed by atoms with Crippen LogP contribution in [-0.2, 0) is 0 Å². The molecule has 0 unspecified atom stereocenters. The van der Waals surface area contributed by atoms with E-state index in [1.165, 1.54) is 21.8 Å². The number of para-hydroxylation sites is 5. The van der Waals surface area contributed by atoms with Crippen LogP contribution in [0, 0.1) is 0 Å². The molecular weight excluding hydrogens is 883 g/mol. The Morgan fingerprint density at radius 1 is 0.222 bits per heavy atom. The van der Waals surface area contributed by atoms with E-state index in [2.05, 4.69) is 226 Å². The van der Waals surface area contributed by atoms with Crippen LogP contribution in [0.1, 0.15) is 0 Å². The van der Waals surface area contributed by atoms with Crippen molar-refractivity contribution in [3.05, 3.63) is 224 Å². The summed E-state index contributed by atoms with van der Waals surface area (Å²) in [6.45, 7) is 0. The summed E-state index contributed by atoms with van der Waals surface area (Å²) in [5.74, 6) is 0. The Morgan fingerprint density at radius 2 is 0.639 bits per heavy atom. The first-order chi connectivity index (χ1) is 35.7. The van der Waals surface area contributed by atoms with Crippen LogP contribution < -0.4 is 0 Å². The average Bonchev–Trinajstić information content (AvgIpc) is 4.29. The van der Waals surface area contributed by atoms with Gasteiger partial charge in [-0.3, -0.25) is 0 Å². The van der Waals surface area contributed by atoms with E-state index in [-0.39, 0.29) is 0 Å². The van der Waals surface area contributed by atoms with Crippen LogP contribution in [0.15, 0.2) is 238 Å². The zero-order valence-corrected chi connectivity index (χ0v) is 38.4. The van der Waals surface area contributed by atoms with Gasteiger partial charge >= 0.3 is 0 Å². The summed E-state index contributed by atoms with van der Waals surface area (Å²) in [6, 6.07) is 80.5. The summed E-state index contributed by atoms with van der Waals surface area (Å²) in [5, 5.41) is 13.5. The van der Waals surface area contributed by atoms with Gasteiger partial charge in [-0.15, -0.1) is 0 Å². The molecule has 334 valence electrons. The summed E-state index contributed by atoms with van der Waals surface area (Å²) < 4.78 is 27.2. The maximum Gasteiger partial charge on any atom is 0.145 e. The van der Waals surface area contributed by atoms with Gasteiger partial charge in [0, 0.05) is 70.9 Å². The molecule has 0 aliphatic heterocycles. The molecule has 17 rings (SSSR count). The number of aromatic nitrogens is 3. The first kappa shape index (κ1) is 38.1. The van der Waals surface area contributed by atoms with Crippen LogP contribution in [0.3, 0.4) is 0 Å². The molecule has 17 aromatic rings. The number of benzene rings is 11. The first-order valence-electron chi connectivity index (χ1n) is 24.5. The zero-order chi connectivity index (χ0) is 46.8. The molecule has 0 aliphatic carbocycles. The average molecular weight is 920 g/mol. The third kappa shape index (κ3) is 5.06. The molecule has 6 aromatic heterocycles. The summed E-state index contributed by atoms with van der Waals surface area (Å²) in [5.41, 5.74) is 17.6. The molecule has 0 saturated heterocycles. The van der Waals surface area contributed by atoms with Crippen LogP contribution in [0.2, 0.25) is 0 Å². The predicted octanol–water partition coefficient (Wildman–Crippen LogP) is 18.3. The number of nitrogens with zero attached hydrogens (tertiary/aromatic N) is 3. The fourth-order valence-corrected chi connectivity index (χ4v) is 12.3. The lowest BCUT2D eigenvalue weighted by atomic mass is 10.0. The van der Waals surface area contributed by atoms with E-state index in [0.29, 0.717) is 0 Å². The van der Waals surface area contributed by atoms with E-state index in [1.54, 1.807) is 0 Å². The monoisotopic (exact) mass is 919 g/mol. The summed E-state index contributed by atoms with van der Waals surface area (Å²) in [6.07, 6.45) is 0. The Morgan fingerprint density at radius 3 is 1.26 bits per heavy atom. The molecule has 0 spiro atoms. The second kappa shape index (κ2) is 13.9. The van der Waals surface area contributed by atoms with Crippen LogP contribution in [-0.4, -0.2) is 13.7 Å². The van der Waals surface area contributed by atoms with Gasteiger partial charge < -0.3 is 27.0 Å². The Bertz CT molecular complexity index is 5170. The highest BCUT2D eigenvalue weighted by molar-refractivity contribution is 6.29. The van der Waals surface area contributed by atoms with Crippen molar-refractivity contribution in [2.45, 2.75) is 0 Å². The van der Waals surface area contributed by atoms with Gasteiger partial charge in [0.2, 0.25) is 0 Å². The lowest BCUT2D eigenvalue weighted by molar-refractivity contribution is 0.668. The smallest absolute Gasteiger partial charge is 0.145 e. The summed E-state index contributed by atoms with van der Waals surface area (Å²) >= 11 is 0. The molecule has 0 radical (unpaired) electrons. The number of furan rings is 3. The molecule has 0 fully saturated rings. The topological polar surface area (TPSA) is 54.2 Å². The van der Waals surface area contributed by atoms with E-state index >= 15 is 0 Å². The van der Waals surface area contributed by atoms with Crippen molar-refractivity contribution in [1.29, 1.82) is 0 Å². The molecule has 0 saturated carbocycles. The standard InChI is InChI=1S/C66H37N3O3/c1-2-12-40(13-3-1)67-53-18-8-4-14-43(53)49-36-41(24-28-56(49)67)68-54-19-9-5-16-47(54)63-57(68)29-26-45-46-27-30-58-64(66(46)72-65(45)63)48-17-6-10-20-55(48)69(58)42-25-33-62-52(37-42)51-35-39(23-32-61(51)71-62)38-22-31-60-50(34-38)44-15-7-11-21-59(44)70-60/h1-37H. The zero-order valence-electron chi connectivity index (χ0n) is 38.4. The van der Waals surface area contributed by atoms with Gasteiger partial charge in [-0.2, -0.15) is 0 Å². The van der Waals surface area contributed by atoms with E-state index in [0.717, 1.165) is 138 Å². The van der Waals surface area contributed by atoms with Crippen LogP contribution in [0.25, 0.3) is 159 Å². The second-order valence-electron chi connectivity index (χ2n) is 19.2. The lowest BCUT2D eigenvalue weighted by Crippen LogP contribution is -1.95. The number of rotatable bonds is 4. The van der Waals surface area contributed by atoms with Gasteiger partial charge in [0.1, 0.15) is 33.5 Å². The fraction of sp³-hybridized carbons (Fsp3) is 0. The number of fused-ring (bicyclic) bond motifs is 20. The van der Waals surface area contributed by atoms with Gasteiger partial charge in [-0.25, -0.2) is 0 Å². The predicted molar refractivity (Wildman–Crippen MR) is 297 cm³/mol. The van der Waals surface area contributed by atoms with Gasteiger partial charge in [0.15, 0.2) is 0 Å². The van der Waals surface area contributed by atoms with Crippen molar-refractivity contribution in [2.75, 3.05) is 0 Å². The minimum absolute atomic E-state index is 0.852. The highest BCUT2D eigenvalue weighted by Gasteiger charge is 2.24. The van der Waals surface area contributed by atoms with Gasteiger partial charge in [-0.1, -0.05) is 103 Å². The molecule has 0 bridgehead atoms. The molecule has 0 amide bonds. The van der Waals surface area contributed by atoms with Gasteiger partial charge in [0.25, 0.3) is 0 Å². The molecule has 11 aromatic carbocycles. The molecule has 0 atom stereocenters. The third-order valence-corrected chi connectivity index (χ3v) is 15.4. The van der Waals surface area contributed by atoms with E-state index in [1.807, 2.05) is 12.1 Å². The van der Waals surface area contributed by atoms with Crippen molar-refractivity contribution >= 4 is 131 Å². The molecule has 6 nitrogen and oxygen atoms in total. The number of hydrogen-bond acceptors (Lipinski definition) is 3. The third-order valence-electron chi connectivity index (χ3n) is 15.4. The molecule has 72 heavy (non-hydrogen) atoms. The van der Waals surface area contributed by atoms with Crippen molar-refractivity contribution in [3.63, 3.8) is 0 Å². The molecular formula is C66H37N3O3. The first-order valence-corrected chi connectivity index (χ1v) is 24.5. The largest absolute Gasteiger partial charge is 0.456 e. The Kier molecular flexibility index (Phi) is 7.38. The molecule has 6 heterocycles. The Balaban J connectivity index is 0.850. The fourth-order valence-electron chi connectivity index (χ4n) is 12.3. The maximum absolute atomic E-state index is 7.34. The van der Waals surface area contributed by atoms with Crippen LogP contribution >= 0.6 is 0 Å². The quantitative estimate of drug-likeness (QED) is 0.177. The van der Waals surface area contributed by atoms with Crippen molar-refractivity contribution in [1.82, 2.24) is 13.7 Å². The molecule has 0 N–H and O–H groups in total. The Hall–Kier alpha value is -9.78. The second-order valence-corrected chi connectivity index (χ2v) is 19.2. The molecule has 6 heteroatoms. The maximum atomic E-state index is 7.34. The SMILES string of the molecule is c1ccc(-n2c3ccccc3c3cc(-n4c5ccccc5c5c6oc7c(ccc8c7c7ccccc7n8-c7ccc8oc9ccc(-c%10ccc%11oc%12ccccc%12c%11c%10)cc9c8c7)c6ccc54)ccc32)cc1. The van der Waals surface area contributed by atoms with Crippen LogP contribution in [0.4, 0.5) is 0 Å². The van der Waals surface area contributed by atoms with Crippen molar-refractivity contribution < 1.29 is 13.3 Å². The number of hydrogen-bond donors (Lipinski definition) is 0. The van der Waals surface area contributed by atoms with Gasteiger partial charge in [0.05, 0.1) is 43.9 Å². The summed E-state index contributed by atoms with van der Waals surface area (Å²) in [7, 11) is 0. The highest BCUT2D eigenvalue weighted by Crippen LogP contribution is 2.46.